The van der Waals surface area contributed by atoms with Crippen molar-refractivity contribution in [2.24, 2.45) is 10.1 Å². The van der Waals surface area contributed by atoms with Gasteiger partial charge in [-0.25, -0.2) is 23.5 Å². The predicted molar refractivity (Wildman–Crippen MR) is 83.9 cm³/mol. The molecule has 0 aliphatic carbocycles. The van der Waals surface area contributed by atoms with Crippen LogP contribution in [0.3, 0.4) is 0 Å². The summed E-state index contributed by atoms with van der Waals surface area (Å²) in [6.07, 6.45) is 5.39. The minimum atomic E-state index is -3.73. The highest BCUT2D eigenvalue weighted by molar-refractivity contribution is 7.89. The third-order valence-electron chi connectivity index (χ3n) is 2.95. The van der Waals surface area contributed by atoms with Gasteiger partial charge in [0.2, 0.25) is 10.0 Å². The van der Waals surface area contributed by atoms with E-state index in [1.54, 1.807) is 24.1 Å². The molecule has 3 rings (SSSR count). The molecule has 108 valence electrons. The molecule has 2 heterocycles. The summed E-state index contributed by atoms with van der Waals surface area (Å²) in [5.41, 5.74) is 3.15. The zero-order chi connectivity index (χ0) is 14.9. The Morgan fingerprint density at radius 1 is 1.33 bits per heavy atom. The van der Waals surface area contributed by atoms with E-state index in [2.05, 4.69) is 9.98 Å². The van der Waals surface area contributed by atoms with Gasteiger partial charge in [-0.2, -0.15) is 0 Å². The number of anilines is 1. The van der Waals surface area contributed by atoms with Crippen molar-refractivity contribution >= 4 is 32.7 Å². The second kappa shape index (κ2) is 5.40. The maximum absolute atomic E-state index is 11.5. The summed E-state index contributed by atoms with van der Waals surface area (Å²) in [4.78, 5) is 10.5. The van der Waals surface area contributed by atoms with Crippen LogP contribution in [0, 0.1) is 0 Å². The van der Waals surface area contributed by atoms with E-state index >= 15 is 0 Å². The fourth-order valence-electron chi connectivity index (χ4n) is 1.99. The number of hydrogen-bond donors (Lipinski definition) is 1. The van der Waals surface area contributed by atoms with Crippen molar-refractivity contribution in [2.45, 2.75) is 4.90 Å². The van der Waals surface area contributed by atoms with Gasteiger partial charge in [0, 0.05) is 18.3 Å². The van der Waals surface area contributed by atoms with Gasteiger partial charge in [-0.3, -0.25) is 0 Å². The summed E-state index contributed by atoms with van der Waals surface area (Å²) >= 11 is 1.47. The van der Waals surface area contributed by atoms with Crippen LogP contribution in [-0.4, -0.2) is 26.3 Å². The van der Waals surface area contributed by atoms with E-state index in [-0.39, 0.29) is 4.90 Å². The highest BCUT2D eigenvalue weighted by Crippen LogP contribution is 2.34. The van der Waals surface area contributed by atoms with Gasteiger partial charge in [0.05, 0.1) is 16.7 Å². The van der Waals surface area contributed by atoms with Gasteiger partial charge in [0.15, 0.2) is 0 Å². The Balaban J connectivity index is 2.04. The third kappa shape index (κ3) is 2.87. The van der Waals surface area contributed by atoms with Crippen LogP contribution >= 0.6 is 11.3 Å². The van der Waals surface area contributed by atoms with E-state index in [1.165, 1.54) is 23.5 Å². The molecule has 6 nitrogen and oxygen atoms in total. The number of aliphatic imine (C=N–C) groups is 1. The van der Waals surface area contributed by atoms with Crippen molar-refractivity contribution in [1.82, 2.24) is 4.98 Å². The second-order valence-electron chi connectivity index (χ2n) is 4.38. The Labute approximate surface area is 126 Å². The van der Waals surface area contributed by atoms with Crippen molar-refractivity contribution in [1.29, 1.82) is 0 Å². The predicted octanol–water partition coefficient (Wildman–Crippen LogP) is 1.82. The number of sulfonamides is 1. The summed E-state index contributed by atoms with van der Waals surface area (Å²) < 4.78 is 22.9. The molecule has 0 fully saturated rings. The third-order valence-corrected chi connectivity index (χ3v) is 4.72. The number of primary sulfonamides is 1. The van der Waals surface area contributed by atoms with Crippen LogP contribution < -0.4 is 10.0 Å². The SMILES string of the molecule is NS(=O)(=O)c1cccc(-c2ncsc2N2C=NC=CC2)c1. The average molecular weight is 320 g/mol. The molecule has 0 saturated heterocycles. The number of hydrogen-bond acceptors (Lipinski definition) is 6. The molecule has 0 bridgehead atoms. The molecule has 0 saturated carbocycles. The highest BCUT2D eigenvalue weighted by atomic mass is 32.2. The first-order valence-electron chi connectivity index (χ1n) is 6.07. The van der Waals surface area contributed by atoms with Crippen LogP contribution in [0.1, 0.15) is 0 Å². The summed E-state index contributed by atoms with van der Waals surface area (Å²) in [6, 6.07) is 6.47. The Morgan fingerprint density at radius 2 is 2.19 bits per heavy atom. The van der Waals surface area contributed by atoms with Crippen LogP contribution in [0.2, 0.25) is 0 Å². The Bertz CT molecular complexity index is 824. The summed E-state index contributed by atoms with van der Waals surface area (Å²) in [7, 11) is -3.73. The quantitative estimate of drug-likeness (QED) is 0.934. The van der Waals surface area contributed by atoms with Crippen LogP contribution in [-0.2, 0) is 10.0 Å². The number of nitrogens with two attached hydrogens (primary N) is 1. The minimum Gasteiger partial charge on any atom is -0.318 e. The smallest absolute Gasteiger partial charge is 0.238 e. The van der Waals surface area contributed by atoms with E-state index in [1.807, 2.05) is 17.0 Å². The first kappa shape index (κ1) is 13.9. The minimum absolute atomic E-state index is 0.0751. The zero-order valence-electron chi connectivity index (χ0n) is 10.9. The van der Waals surface area contributed by atoms with Gasteiger partial charge in [0.25, 0.3) is 0 Å². The topological polar surface area (TPSA) is 88.7 Å². The van der Waals surface area contributed by atoms with E-state index in [4.69, 9.17) is 5.14 Å². The standard InChI is InChI=1S/C13H12N4O2S2/c14-21(18,19)11-4-1-3-10(7-11)12-13(20-9-16-12)17-6-2-5-15-8-17/h1-5,7-9H,6H2,(H2,14,18,19). The van der Waals surface area contributed by atoms with E-state index in [0.717, 1.165) is 5.00 Å². The normalized spacial score (nSPS) is 14.6. The molecule has 1 aromatic heterocycles. The lowest BCUT2D eigenvalue weighted by molar-refractivity contribution is 0.598. The maximum Gasteiger partial charge on any atom is 0.238 e. The monoisotopic (exact) mass is 320 g/mol. The molecule has 0 unspecified atom stereocenters. The van der Waals surface area contributed by atoms with E-state index in [9.17, 15) is 8.42 Å². The molecule has 1 aliphatic heterocycles. The Kier molecular flexibility index (Phi) is 3.58. The molecule has 8 heteroatoms. The van der Waals surface area contributed by atoms with Crippen molar-refractivity contribution in [3.8, 4) is 11.3 Å². The number of thiazole rings is 1. The first-order valence-corrected chi connectivity index (χ1v) is 8.50. The number of benzene rings is 1. The molecule has 0 amide bonds. The van der Waals surface area contributed by atoms with Gasteiger partial charge in [-0.15, -0.1) is 11.3 Å². The molecular formula is C13H12N4O2S2. The van der Waals surface area contributed by atoms with Crippen LogP contribution in [0.5, 0.6) is 0 Å². The lowest BCUT2D eigenvalue weighted by atomic mass is 10.1. The molecule has 0 radical (unpaired) electrons. The van der Waals surface area contributed by atoms with Crippen LogP contribution in [0.25, 0.3) is 11.3 Å². The molecule has 21 heavy (non-hydrogen) atoms. The van der Waals surface area contributed by atoms with E-state index in [0.29, 0.717) is 17.8 Å². The van der Waals surface area contributed by atoms with Crippen LogP contribution in [0.4, 0.5) is 5.00 Å². The number of rotatable bonds is 3. The Hall–Kier alpha value is -2.03. The van der Waals surface area contributed by atoms with Crippen molar-refractivity contribution in [2.75, 3.05) is 11.4 Å². The van der Waals surface area contributed by atoms with Gasteiger partial charge < -0.3 is 4.90 Å². The number of aromatic nitrogens is 1. The molecule has 0 spiro atoms. The second-order valence-corrected chi connectivity index (χ2v) is 6.78. The fourth-order valence-corrected chi connectivity index (χ4v) is 3.34. The van der Waals surface area contributed by atoms with Crippen molar-refractivity contribution < 1.29 is 8.42 Å². The average Bonchev–Trinajstić information content (AvgIpc) is 2.97. The highest BCUT2D eigenvalue weighted by Gasteiger charge is 2.16. The van der Waals surface area contributed by atoms with Crippen molar-refractivity contribution in [3.05, 3.63) is 42.1 Å². The lowest BCUT2D eigenvalue weighted by Crippen LogP contribution is -2.22. The molecule has 0 atom stereocenters. The van der Waals surface area contributed by atoms with Crippen LogP contribution in [0.15, 0.2) is 51.9 Å². The lowest BCUT2D eigenvalue weighted by Gasteiger charge is -2.18. The number of nitrogens with zero attached hydrogens (tertiary/aromatic N) is 3. The van der Waals surface area contributed by atoms with E-state index < -0.39 is 10.0 Å². The maximum atomic E-state index is 11.5. The van der Waals surface area contributed by atoms with Crippen molar-refractivity contribution in [3.63, 3.8) is 0 Å². The molecule has 2 aromatic rings. The van der Waals surface area contributed by atoms with Gasteiger partial charge in [-0.1, -0.05) is 12.1 Å². The van der Waals surface area contributed by atoms with Gasteiger partial charge >= 0.3 is 0 Å². The van der Waals surface area contributed by atoms with Gasteiger partial charge in [-0.05, 0) is 18.2 Å². The largest absolute Gasteiger partial charge is 0.318 e. The summed E-state index contributed by atoms with van der Waals surface area (Å²) in [5.74, 6) is 0. The molecular weight excluding hydrogens is 308 g/mol. The Morgan fingerprint density at radius 3 is 2.90 bits per heavy atom. The first-order chi connectivity index (χ1) is 10.1. The molecule has 1 aromatic carbocycles. The molecule has 1 aliphatic rings. The zero-order valence-corrected chi connectivity index (χ0v) is 12.5. The summed E-state index contributed by atoms with van der Waals surface area (Å²) in [5, 5.41) is 6.09. The molecule has 2 N–H and O–H groups in total. The fraction of sp³-hybridized carbons (Fsp3) is 0.0769. The summed E-state index contributed by atoms with van der Waals surface area (Å²) in [6.45, 7) is 0.702. The van der Waals surface area contributed by atoms with Gasteiger partial charge in [0.1, 0.15) is 10.7 Å².